The molecule has 0 aromatic heterocycles. The Kier molecular flexibility index (Phi) is 5.37. The van der Waals surface area contributed by atoms with Crippen LogP contribution in [0.4, 0.5) is 0 Å². The van der Waals surface area contributed by atoms with Gasteiger partial charge in [-0.1, -0.05) is 48.4 Å². The van der Waals surface area contributed by atoms with Crippen molar-refractivity contribution < 1.29 is 8.42 Å². The molecule has 2 rings (SSSR count). The van der Waals surface area contributed by atoms with Gasteiger partial charge in [-0.05, 0) is 30.2 Å². The van der Waals surface area contributed by atoms with Crippen LogP contribution in [0.2, 0.25) is 0 Å². The van der Waals surface area contributed by atoms with Crippen molar-refractivity contribution in [2.24, 2.45) is 0 Å². The monoisotopic (exact) mass is 313 g/mol. The van der Waals surface area contributed by atoms with E-state index >= 15 is 0 Å². The lowest BCUT2D eigenvalue weighted by molar-refractivity contribution is 0.601. The van der Waals surface area contributed by atoms with Gasteiger partial charge in [-0.25, -0.2) is 8.42 Å². The molecular weight excluding hydrogens is 294 g/mol. The van der Waals surface area contributed by atoms with Gasteiger partial charge < -0.3 is 0 Å². The normalized spacial score (nSPS) is 12.3. The first kappa shape index (κ1) is 16.3. The van der Waals surface area contributed by atoms with Crippen molar-refractivity contribution in [1.29, 1.82) is 0 Å². The quantitative estimate of drug-likeness (QED) is 0.864. The van der Waals surface area contributed by atoms with Gasteiger partial charge in [0.15, 0.2) is 9.84 Å². The fourth-order valence-corrected chi connectivity index (χ4v) is 2.92. The fourth-order valence-electron chi connectivity index (χ4n) is 2.24. The Morgan fingerprint density at radius 3 is 2.36 bits per heavy atom. The summed E-state index contributed by atoms with van der Waals surface area (Å²) in [6.45, 7) is 2.34. The van der Waals surface area contributed by atoms with Gasteiger partial charge in [-0.3, -0.25) is 5.32 Å². The van der Waals surface area contributed by atoms with Crippen molar-refractivity contribution in [3.8, 4) is 11.8 Å². The molecular formula is C18H19NO2S. The van der Waals surface area contributed by atoms with Crippen LogP contribution in [0.3, 0.4) is 0 Å². The molecule has 0 heterocycles. The number of hydrogen-bond acceptors (Lipinski definition) is 3. The van der Waals surface area contributed by atoms with Crippen molar-refractivity contribution in [3.05, 3.63) is 65.7 Å². The molecule has 1 atom stereocenters. The summed E-state index contributed by atoms with van der Waals surface area (Å²) in [5, 5.41) is 3.36. The molecule has 22 heavy (non-hydrogen) atoms. The van der Waals surface area contributed by atoms with Crippen molar-refractivity contribution >= 4 is 9.84 Å². The van der Waals surface area contributed by atoms with Crippen LogP contribution in [-0.2, 0) is 9.84 Å². The SMILES string of the molecule is CC#CCNC(c1ccccc1)c1cccc(S(C)(=O)=O)c1. The number of benzene rings is 2. The molecule has 2 aromatic carbocycles. The molecule has 0 saturated carbocycles. The summed E-state index contributed by atoms with van der Waals surface area (Å²) in [5.74, 6) is 5.84. The summed E-state index contributed by atoms with van der Waals surface area (Å²) in [6.07, 6.45) is 1.22. The van der Waals surface area contributed by atoms with Crippen molar-refractivity contribution in [2.75, 3.05) is 12.8 Å². The van der Waals surface area contributed by atoms with Crippen LogP contribution < -0.4 is 5.32 Å². The molecule has 1 unspecified atom stereocenters. The Morgan fingerprint density at radius 1 is 1.05 bits per heavy atom. The Balaban J connectivity index is 2.42. The van der Waals surface area contributed by atoms with Crippen molar-refractivity contribution in [2.45, 2.75) is 17.9 Å². The van der Waals surface area contributed by atoms with Gasteiger partial charge in [0.2, 0.25) is 0 Å². The molecule has 0 spiro atoms. The number of sulfone groups is 1. The minimum Gasteiger partial charge on any atom is -0.295 e. The number of rotatable bonds is 5. The highest BCUT2D eigenvalue weighted by Crippen LogP contribution is 2.24. The smallest absolute Gasteiger partial charge is 0.175 e. The lowest BCUT2D eigenvalue weighted by atomic mass is 9.99. The van der Waals surface area contributed by atoms with Crippen LogP contribution in [0.5, 0.6) is 0 Å². The average molecular weight is 313 g/mol. The van der Waals surface area contributed by atoms with Gasteiger partial charge >= 0.3 is 0 Å². The third-order valence-electron chi connectivity index (χ3n) is 3.32. The summed E-state index contributed by atoms with van der Waals surface area (Å²) in [7, 11) is -3.22. The van der Waals surface area contributed by atoms with Gasteiger partial charge in [0.05, 0.1) is 17.5 Å². The molecule has 0 aliphatic rings. The Morgan fingerprint density at radius 2 is 1.73 bits per heavy atom. The second-order valence-corrected chi connectivity index (χ2v) is 7.01. The van der Waals surface area contributed by atoms with Gasteiger partial charge in [0, 0.05) is 6.26 Å². The van der Waals surface area contributed by atoms with E-state index in [-0.39, 0.29) is 6.04 Å². The van der Waals surface area contributed by atoms with Crippen molar-refractivity contribution in [1.82, 2.24) is 5.32 Å². The van der Waals surface area contributed by atoms with Crippen LogP contribution in [0.25, 0.3) is 0 Å². The van der Waals surface area contributed by atoms with Gasteiger partial charge in [-0.15, -0.1) is 5.92 Å². The summed E-state index contributed by atoms with van der Waals surface area (Å²) in [6, 6.07) is 16.9. The largest absolute Gasteiger partial charge is 0.295 e. The van der Waals surface area contributed by atoms with E-state index in [2.05, 4.69) is 17.2 Å². The highest BCUT2D eigenvalue weighted by Gasteiger charge is 2.15. The van der Waals surface area contributed by atoms with Crippen LogP contribution in [0.1, 0.15) is 24.1 Å². The standard InChI is InChI=1S/C18H19NO2S/c1-3-4-13-19-18(15-9-6-5-7-10-15)16-11-8-12-17(14-16)22(2,20)21/h5-12,14,18-19H,13H2,1-2H3. The molecule has 114 valence electrons. The zero-order chi connectivity index (χ0) is 16.0. The third kappa shape index (κ3) is 4.20. The van der Waals surface area contributed by atoms with Crippen LogP contribution in [0, 0.1) is 11.8 Å². The number of hydrogen-bond donors (Lipinski definition) is 1. The Hall–Kier alpha value is -2.09. The van der Waals surface area contributed by atoms with Gasteiger partial charge in [0.25, 0.3) is 0 Å². The first-order valence-electron chi connectivity index (χ1n) is 7.00. The second-order valence-electron chi connectivity index (χ2n) is 5.00. The van der Waals surface area contributed by atoms with Crippen LogP contribution in [0.15, 0.2) is 59.5 Å². The lowest BCUT2D eigenvalue weighted by Crippen LogP contribution is -2.23. The maximum atomic E-state index is 11.8. The van der Waals surface area contributed by atoms with E-state index in [4.69, 9.17) is 0 Å². The topological polar surface area (TPSA) is 46.2 Å². The predicted octanol–water partition coefficient (Wildman–Crippen LogP) is 2.79. The summed E-state index contributed by atoms with van der Waals surface area (Å²) < 4.78 is 23.5. The van der Waals surface area contributed by atoms with E-state index in [1.54, 1.807) is 25.1 Å². The van der Waals surface area contributed by atoms with E-state index < -0.39 is 9.84 Å². The summed E-state index contributed by atoms with van der Waals surface area (Å²) in [5.41, 5.74) is 1.98. The Bertz CT molecular complexity index is 787. The first-order chi connectivity index (χ1) is 10.5. The lowest BCUT2D eigenvalue weighted by Gasteiger charge is -2.19. The maximum absolute atomic E-state index is 11.8. The molecule has 1 N–H and O–H groups in total. The highest BCUT2D eigenvalue weighted by atomic mass is 32.2. The Labute approximate surface area is 132 Å². The fraction of sp³-hybridized carbons (Fsp3) is 0.222. The zero-order valence-corrected chi connectivity index (χ0v) is 13.5. The molecule has 0 fully saturated rings. The average Bonchev–Trinajstić information content (AvgIpc) is 2.52. The molecule has 0 aliphatic heterocycles. The highest BCUT2D eigenvalue weighted by molar-refractivity contribution is 7.90. The minimum absolute atomic E-state index is 0.0938. The van der Waals surface area contributed by atoms with E-state index in [1.165, 1.54) is 6.26 Å². The maximum Gasteiger partial charge on any atom is 0.175 e. The van der Waals surface area contributed by atoms with Crippen molar-refractivity contribution in [3.63, 3.8) is 0 Å². The first-order valence-corrected chi connectivity index (χ1v) is 8.89. The van der Waals surface area contributed by atoms with E-state index in [9.17, 15) is 8.42 Å². The molecule has 4 heteroatoms. The van der Waals surface area contributed by atoms with Gasteiger partial charge in [0.1, 0.15) is 0 Å². The van der Waals surface area contributed by atoms with E-state index in [1.807, 2.05) is 36.4 Å². The third-order valence-corrected chi connectivity index (χ3v) is 4.43. The molecule has 2 aromatic rings. The molecule has 0 amide bonds. The summed E-state index contributed by atoms with van der Waals surface area (Å²) in [4.78, 5) is 0.328. The molecule has 3 nitrogen and oxygen atoms in total. The van der Waals surface area contributed by atoms with E-state index in [0.29, 0.717) is 11.4 Å². The van der Waals surface area contributed by atoms with Crippen LogP contribution in [-0.4, -0.2) is 21.2 Å². The molecule has 0 aliphatic carbocycles. The molecule has 0 radical (unpaired) electrons. The van der Waals surface area contributed by atoms with E-state index in [0.717, 1.165) is 11.1 Å². The molecule has 0 saturated heterocycles. The minimum atomic E-state index is -3.22. The predicted molar refractivity (Wildman–Crippen MR) is 89.3 cm³/mol. The van der Waals surface area contributed by atoms with Gasteiger partial charge in [-0.2, -0.15) is 0 Å². The molecule has 0 bridgehead atoms. The number of nitrogens with one attached hydrogen (secondary N) is 1. The van der Waals surface area contributed by atoms with Crippen LogP contribution >= 0.6 is 0 Å². The zero-order valence-electron chi connectivity index (χ0n) is 12.7. The summed E-state index contributed by atoms with van der Waals surface area (Å²) >= 11 is 0. The second kappa shape index (κ2) is 7.26.